The second-order valence-electron chi connectivity index (χ2n) is 6.30. The first kappa shape index (κ1) is 15.3. The van der Waals surface area contributed by atoms with Gasteiger partial charge in [0, 0.05) is 13.1 Å². The van der Waals surface area contributed by atoms with Gasteiger partial charge in [-0.15, -0.1) is 0 Å². The van der Waals surface area contributed by atoms with Crippen molar-refractivity contribution in [3.8, 4) is 0 Å². The summed E-state index contributed by atoms with van der Waals surface area (Å²) >= 11 is 0. The average Bonchev–Trinajstić information content (AvgIpc) is 2.90. The second-order valence-corrected chi connectivity index (χ2v) is 6.30. The molecule has 1 aliphatic carbocycles. The Morgan fingerprint density at radius 1 is 1.15 bits per heavy atom. The quantitative estimate of drug-likeness (QED) is 0.798. The summed E-state index contributed by atoms with van der Waals surface area (Å²) in [5, 5.41) is 12.0. The number of carbonyl (C=O) groups is 2. The molecule has 1 saturated heterocycles. The lowest BCUT2D eigenvalue weighted by atomic mass is 9.95. The van der Waals surface area contributed by atoms with Crippen LogP contribution in [0.2, 0.25) is 0 Å². The number of carboxylic acids is 1. The van der Waals surface area contributed by atoms with Gasteiger partial charge < -0.3 is 15.3 Å². The van der Waals surface area contributed by atoms with Gasteiger partial charge in [-0.05, 0) is 44.7 Å². The lowest BCUT2D eigenvalue weighted by Gasteiger charge is -2.30. The van der Waals surface area contributed by atoms with E-state index in [1.54, 1.807) is 0 Å². The molecule has 2 N–H and O–H groups in total. The molecule has 2 rings (SSSR count). The number of hydrogen-bond donors (Lipinski definition) is 2. The fraction of sp³-hybridized carbons (Fsp3) is 0.867. The van der Waals surface area contributed by atoms with E-state index in [1.807, 2.05) is 0 Å². The summed E-state index contributed by atoms with van der Waals surface area (Å²) in [4.78, 5) is 25.5. The van der Waals surface area contributed by atoms with Crippen LogP contribution in [0.4, 0.5) is 0 Å². The van der Waals surface area contributed by atoms with Gasteiger partial charge in [0.1, 0.15) is 0 Å². The van der Waals surface area contributed by atoms with E-state index in [0.29, 0.717) is 19.4 Å². The van der Waals surface area contributed by atoms with Crippen molar-refractivity contribution in [3.63, 3.8) is 0 Å². The van der Waals surface area contributed by atoms with E-state index in [1.165, 1.54) is 12.8 Å². The van der Waals surface area contributed by atoms with Crippen molar-refractivity contribution in [3.05, 3.63) is 0 Å². The van der Waals surface area contributed by atoms with Crippen LogP contribution < -0.4 is 5.32 Å². The molecule has 20 heavy (non-hydrogen) atoms. The molecular weight excluding hydrogens is 256 g/mol. The van der Waals surface area contributed by atoms with Crippen LogP contribution in [0.5, 0.6) is 0 Å². The first-order chi connectivity index (χ1) is 9.58. The Balaban J connectivity index is 1.68. The number of aliphatic carboxylic acids is 1. The van der Waals surface area contributed by atoms with Gasteiger partial charge in [0.2, 0.25) is 5.91 Å². The zero-order valence-electron chi connectivity index (χ0n) is 12.3. The Bertz CT molecular complexity index is 351. The third kappa shape index (κ3) is 3.95. The molecule has 5 nitrogen and oxygen atoms in total. The molecule has 0 bridgehead atoms. The molecule has 0 aromatic rings. The summed E-state index contributed by atoms with van der Waals surface area (Å²) in [6.45, 7) is 6.01. The van der Waals surface area contributed by atoms with E-state index < -0.39 is 11.9 Å². The van der Waals surface area contributed by atoms with Gasteiger partial charge in [-0.1, -0.05) is 13.3 Å². The topological polar surface area (TPSA) is 69.6 Å². The number of carboxylic acid groups (broad SMARTS) is 1. The highest BCUT2D eigenvalue weighted by Gasteiger charge is 2.37. The standard InChI is InChI=1S/C15H26N2O3/c1-11-5-8-17(9-6-11)10-7-16-14(18)12-3-2-4-13(12)15(19)20/h11-13H,2-10H2,1H3,(H,16,18)(H,19,20). The van der Waals surface area contributed by atoms with Crippen molar-refractivity contribution in [2.24, 2.45) is 17.8 Å². The number of amides is 1. The number of hydrogen-bond acceptors (Lipinski definition) is 3. The summed E-state index contributed by atoms with van der Waals surface area (Å²) in [5.74, 6) is -0.886. The zero-order valence-corrected chi connectivity index (χ0v) is 12.3. The summed E-state index contributed by atoms with van der Waals surface area (Å²) in [7, 11) is 0. The molecule has 0 spiro atoms. The van der Waals surface area contributed by atoms with Crippen molar-refractivity contribution in [2.75, 3.05) is 26.2 Å². The maximum absolute atomic E-state index is 12.1. The molecule has 0 aromatic heterocycles. The third-order valence-corrected chi connectivity index (χ3v) is 4.77. The molecule has 1 heterocycles. The van der Waals surface area contributed by atoms with Gasteiger partial charge in [-0.25, -0.2) is 0 Å². The van der Waals surface area contributed by atoms with Crippen LogP contribution >= 0.6 is 0 Å². The normalized spacial score (nSPS) is 28.4. The van der Waals surface area contributed by atoms with Crippen LogP contribution in [0.1, 0.15) is 39.0 Å². The molecule has 0 aromatic carbocycles. The van der Waals surface area contributed by atoms with Gasteiger partial charge in [0.15, 0.2) is 0 Å². The van der Waals surface area contributed by atoms with Crippen LogP contribution in [-0.2, 0) is 9.59 Å². The fourth-order valence-electron chi connectivity index (χ4n) is 3.32. The molecule has 1 amide bonds. The summed E-state index contributed by atoms with van der Waals surface area (Å²) < 4.78 is 0. The lowest BCUT2D eigenvalue weighted by Crippen LogP contribution is -2.41. The summed E-state index contributed by atoms with van der Waals surface area (Å²) in [6, 6.07) is 0. The lowest BCUT2D eigenvalue weighted by molar-refractivity contribution is -0.146. The van der Waals surface area contributed by atoms with E-state index in [4.69, 9.17) is 5.11 Å². The van der Waals surface area contributed by atoms with E-state index in [0.717, 1.165) is 32.0 Å². The number of likely N-dealkylation sites (tertiary alicyclic amines) is 1. The highest BCUT2D eigenvalue weighted by atomic mass is 16.4. The smallest absolute Gasteiger partial charge is 0.307 e. The van der Waals surface area contributed by atoms with Crippen LogP contribution in [0, 0.1) is 17.8 Å². The number of nitrogens with one attached hydrogen (secondary N) is 1. The molecule has 2 atom stereocenters. The van der Waals surface area contributed by atoms with Crippen molar-refractivity contribution < 1.29 is 14.7 Å². The third-order valence-electron chi connectivity index (χ3n) is 4.77. The molecular formula is C15H26N2O3. The Labute approximate surface area is 120 Å². The molecule has 114 valence electrons. The molecule has 0 radical (unpaired) electrons. The first-order valence-corrected chi connectivity index (χ1v) is 7.81. The molecule has 2 aliphatic rings. The van der Waals surface area contributed by atoms with Crippen LogP contribution in [0.25, 0.3) is 0 Å². The predicted octanol–water partition coefficient (Wildman–Crippen LogP) is 1.34. The van der Waals surface area contributed by atoms with Gasteiger partial charge >= 0.3 is 5.97 Å². The minimum absolute atomic E-state index is 0.0692. The number of rotatable bonds is 5. The fourth-order valence-corrected chi connectivity index (χ4v) is 3.32. The van der Waals surface area contributed by atoms with Gasteiger partial charge in [-0.3, -0.25) is 9.59 Å². The monoisotopic (exact) mass is 282 g/mol. The average molecular weight is 282 g/mol. The maximum Gasteiger partial charge on any atom is 0.307 e. The number of nitrogens with zero attached hydrogens (tertiary/aromatic N) is 1. The molecule has 2 unspecified atom stereocenters. The molecule has 1 aliphatic heterocycles. The number of piperidine rings is 1. The highest BCUT2D eigenvalue weighted by molar-refractivity contribution is 5.85. The Kier molecular flexibility index (Phi) is 5.40. The summed E-state index contributed by atoms with van der Waals surface area (Å²) in [5.41, 5.74) is 0. The van der Waals surface area contributed by atoms with Crippen molar-refractivity contribution >= 4 is 11.9 Å². The number of carbonyl (C=O) groups excluding carboxylic acids is 1. The van der Waals surface area contributed by atoms with Gasteiger partial charge in [0.05, 0.1) is 11.8 Å². The van der Waals surface area contributed by atoms with Crippen molar-refractivity contribution in [2.45, 2.75) is 39.0 Å². The van der Waals surface area contributed by atoms with E-state index >= 15 is 0 Å². The van der Waals surface area contributed by atoms with Crippen molar-refractivity contribution in [1.29, 1.82) is 0 Å². The van der Waals surface area contributed by atoms with E-state index in [-0.39, 0.29) is 11.8 Å². The van der Waals surface area contributed by atoms with Crippen LogP contribution in [-0.4, -0.2) is 48.1 Å². The Morgan fingerprint density at radius 2 is 1.80 bits per heavy atom. The SMILES string of the molecule is CC1CCN(CCNC(=O)C2CCCC2C(=O)O)CC1. The first-order valence-electron chi connectivity index (χ1n) is 7.81. The molecule has 1 saturated carbocycles. The van der Waals surface area contributed by atoms with Gasteiger partial charge in [0.25, 0.3) is 0 Å². The largest absolute Gasteiger partial charge is 0.481 e. The zero-order chi connectivity index (χ0) is 14.5. The minimum Gasteiger partial charge on any atom is -0.481 e. The van der Waals surface area contributed by atoms with E-state index in [9.17, 15) is 9.59 Å². The highest BCUT2D eigenvalue weighted by Crippen LogP contribution is 2.31. The Hall–Kier alpha value is -1.10. The second kappa shape index (κ2) is 7.07. The minimum atomic E-state index is -0.826. The maximum atomic E-state index is 12.1. The van der Waals surface area contributed by atoms with Crippen LogP contribution in [0.3, 0.4) is 0 Å². The Morgan fingerprint density at radius 3 is 2.45 bits per heavy atom. The predicted molar refractivity (Wildman–Crippen MR) is 76.3 cm³/mol. The summed E-state index contributed by atoms with van der Waals surface area (Å²) in [6.07, 6.45) is 4.66. The van der Waals surface area contributed by atoms with Crippen LogP contribution in [0.15, 0.2) is 0 Å². The molecule has 2 fully saturated rings. The van der Waals surface area contributed by atoms with E-state index in [2.05, 4.69) is 17.1 Å². The molecule has 5 heteroatoms. The van der Waals surface area contributed by atoms with Gasteiger partial charge in [-0.2, -0.15) is 0 Å². The van der Waals surface area contributed by atoms with Crippen molar-refractivity contribution in [1.82, 2.24) is 10.2 Å².